The molecule has 0 aliphatic heterocycles. The number of nitrogens with zero attached hydrogens (tertiary/aromatic N) is 1. The van der Waals surface area contributed by atoms with Crippen molar-refractivity contribution in [1.82, 2.24) is 4.98 Å². The van der Waals surface area contributed by atoms with Crippen LogP contribution in [0.15, 0.2) is 42.5 Å². The van der Waals surface area contributed by atoms with Crippen LogP contribution in [0.4, 0.5) is 0 Å². The molecule has 2 rings (SSSR count). The number of rotatable bonds is 6. The van der Waals surface area contributed by atoms with Gasteiger partial charge in [0.25, 0.3) is 0 Å². The van der Waals surface area contributed by atoms with Gasteiger partial charge in [0, 0.05) is 11.8 Å². The molecule has 0 fully saturated rings. The maximum absolute atomic E-state index is 9.07. The molecular formula is C16H19NO2. The highest BCUT2D eigenvalue weighted by molar-refractivity contribution is 5.24. The second-order valence-corrected chi connectivity index (χ2v) is 4.49. The number of pyridine rings is 1. The van der Waals surface area contributed by atoms with Crippen LogP contribution in [0.25, 0.3) is 0 Å². The fraction of sp³-hybridized carbons (Fsp3) is 0.312. The monoisotopic (exact) mass is 257 g/mol. The molecule has 0 saturated heterocycles. The average molecular weight is 257 g/mol. The Hall–Kier alpha value is -1.87. The van der Waals surface area contributed by atoms with Crippen molar-refractivity contribution < 1.29 is 9.84 Å². The maximum Gasteiger partial charge on any atom is 0.213 e. The van der Waals surface area contributed by atoms with E-state index in [-0.39, 0.29) is 6.61 Å². The summed E-state index contributed by atoms with van der Waals surface area (Å²) in [5.41, 5.74) is 2.99. The number of aliphatic hydroxyl groups excluding tert-OH is 1. The van der Waals surface area contributed by atoms with Crippen molar-refractivity contribution in [3.8, 4) is 5.88 Å². The van der Waals surface area contributed by atoms with Gasteiger partial charge in [0.2, 0.25) is 5.88 Å². The van der Waals surface area contributed by atoms with E-state index in [1.54, 1.807) is 6.07 Å². The molecule has 3 heteroatoms. The van der Waals surface area contributed by atoms with Crippen LogP contribution in [0.3, 0.4) is 0 Å². The van der Waals surface area contributed by atoms with Crippen LogP contribution in [0, 0.1) is 6.92 Å². The number of benzene rings is 1. The fourth-order valence-electron chi connectivity index (χ4n) is 1.91. The van der Waals surface area contributed by atoms with Gasteiger partial charge in [-0.1, -0.05) is 30.3 Å². The number of hydrogen-bond acceptors (Lipinski definition) is 3. The summed E-state index contributed by atoms with van der Waals surface area (Å²) in [6, 6.07) is 14.0. The van der Waals surface area contributed by atoms with Gasteiger partial charge in [-0.3, -0.25) is 0 Å². The van der Waals surface area contributed by atoms with Crippen LogP contribution >= 0.6 is 0 Å². The van der Waals surface area contributed by atoms with Crippen molar-refractivity contribution in [3.63, 3.8) is 0 Å². The third-order valence-electron chi connectivity index (χ3n) is 3.04. The van der Waals surface area contributed by atoms with Crippen molar-refractivity contribution in [3.05, 3.63) is 59.3 Å². The summed E-state index contributed by atoms with van der Waals surface area (Å²) in [5, 5.41) is 9.07. The maximum atomic E-state index is 9.07. The lowest BCUT2D eigenvalue weighted by molar-refractivity contribution is 0.277. The van der Waals surface area contributed by atoms with Gasteiger partial charge in [-0.25, -0.2) is 4.98 Å². The Kier molecular flexibility index (Phi) is 4.93. The number of ether oxygens (including phenoxy) is 1. The minimum atomic E-state index is 0.0210. The molecule has 100 valence electrons. The van der Waals surface area contributed by atoms with Crippen molar-refractivity contribution in [1.29, 1.82) is 0 Å². The molecular weight excluding hydrogens is 238 g/mol. The summed E-state index contributed by atoms with van der Waals surface area (Å²) >= 11 is 0. The van der Waals surface area contributed by atoms with Crippen molar-refractivity contribution in [2.45, 2.75) is 26.4 Å². The molecule has 2 aromatic rings. The average Bonchev–Trinajstić information content (AvgIpc) is 2.45. The molecule has 1 aromatic heterocycles. The van der Waals surface area contributed by atoms with Crippen molar-refractivity contribution in [2.75, 3.05) is 6.61 Å². The third-order valence-corrected chi connectivity index (χ3v) is 3.04. The minimum Gasteiger partial charge on any atom is -0.478 e. The van der Waals surface area contributed by atoms with Gasteiger partial charge in [0.1, 0.15) is 0 Å². The Bertz CT molecular complexity index is 511. The van der Waals surface area contributed by atoms with Crippen LogP contribution in [0.5, 0.6) is 5.88 Å². The summed E-state index contributed by atoms with van der Waals surface area (Å²) < 4.78 is 5.62. The predicted octanol–water partition coefficient (Wildman–Crippen LogP) is 2.89. The third kappa shape index (κ3) is 4.07. The van der Waals surface area contributed by atoms with Gasteiger partial charge >= 0.3 is 0 Å². The number of hydrogen-bond donors (Lipinski definition) is 1. The van der Waals surface area contributed by atoms with Crippen molar-refractivity contribution >= 4 is 0 Å². The Morgan fingerprint density at radius 3 is 2.58 bits per heavy atom. The molecule has 1 heterocycles. The highest BCUT2D eigenvalue weighted by Gasteiger charge is 2.01. The van der Waals surface area contributed by atoms with Gasteiger partial charge in [0.05, 0.1) is 13.2 Å². The van der Waals surface area contributed by atoms with Crippen LogP contribution in [-0.4, -0.2) is 16.7 Å². The first-order valence-electron chi connectivity index (χ1n) is 6.53. The molecule has 0 aliphatic rings. The van der Waals surface area contributed by atoms with Crippen LogP contribution < -0.4 is 4.74 Å². The second-order valence-electron chi connectivity index (χ2n) is 4.49. The first-order chi connectivity index (χ1) is 9.29. The highest BCUT2D eigenvalue weighted by atomic mass is 16.5. The van der Waals surface area contributed by atoms with Crippen LogP contribution in [-0.2, 0) is 13.0 Å². The Labute approximate surface area is 113 Å². The molecule has 0 unspecified atom stereocenters. The van der Waals surface area contributed by atoms with Crippen LogP contribution in [0.2, 0.25) is 0 Å². The number of aliphatic hydroxyl groups is 1. The van der Waals surface area contributed by atoms with Crippen molar-refractivity contribution in [2.24, 2.45) is 0 Å². The van der Waals surface area contributed by atoms with E-state index < -0.39 is 0 Å². The zero-order valence-corrected chi connectivity index (χ0v) is 11.2. The Morgan fingerprint density at radius 2 is 1.89 bits per heavy atom. The number of aromatic nitrogens is 1. The molecule has 0 saturated carbocycles. The van der Waals surface area contributed by atoms with E-state index >= 15 is 0 Å². The molecule has 1 aromatic carbocycles. The summed E-state index contributed by atoms with van der Waals surface area (Å²) in [4.78, 5) is 4.31. The molecule has 0 spiro atoms. The zero-order chi connectivity index (χ0) is 13.5. The topological polar surface area (TPSA) is 42.4 Å². The highest BCUT2D eigenvalue weighted by Crippen LogP contribution is 2.13. The van der Waals surface area contributed by atoms with Gasteiger partial charge in [-0.05, 0) is 37.0 Å². The summed E-state index contributed by atoms with van der Waals surface area (Å²) in [6.45, 7) is 2.55. The van der Waals surface area contributed by atoms with Gasteiger partial charge in [-0.15, -0.1) is 0 Å². The summed E-state index contributed by atoms with van der Waals surface area (Å²) in [7, 11) is 0. The van der Waals surface area contributed by atoms with E-state index in [1.807, 2.05) is 19.1 Å². The predicted molar refractivity (Wildman–Crippen MR) is 75.2 cm³/mol. The van der Waals surface area contributed by atoms with E-state index in [0.29, 0.717) is 12.5 Å². The zero-order valence-electron chi connectivity index (χ0n) is 11.2. The number of aryl methyl sites for hydroxylation is 2. The fourth-order valence-corrected chi connectivity index (χ4v) is 1.91. The van der Waals surface area contributed by atoms with E-state index in [9.17, 15) is 0 Å². The smallest absolute Gasteiger partial charge is 0.213 e. The summed E-state index contributed by atoms with van der Waals surface area (Å²) in [5.74, 6) is 0.628. The van der Waals surface area contributed by atoms with E-state index in [4.69, 9.17) is 9.84 Å². The first kappa shape index (κ1) is 13.6. The van der Waals surface area contributed by atoms with E-state index in [0.717, 1.165) is 24.1 Å². The summed E-state index contributed by atoms with van der Waals surface area (Å²) in [6.07, 6.45) is 1.97. The lowest BCUT2D eigenvalue weighted by Crippen LogP contribution is -2.02. The normalized spacial score (nSPS) is 10.4. The molecule has 0 aliphatic carbocycles. The SMILES string of the molecule is Cc1nc(OCCCc2ccccc2)ccc1CO. The van der Waals surface area contributed by atoms with Gasteiger partial charge < -0.3 is 9.84 Å². The van der Waals surface area contributed by atoms with Crippen LogP contribution in [0.1, 0.15) is 23.2 Å². The molecule has 19 heavy (non-hydrogen) atoms. The Balaban J connectivity index is 1.78. The molecule has 0 amide bonds. The molecule has 3 nitrogen and oxygen atoms in total. The van der Waals surface area contributed by atoms with E-state index in [1.165, 1.54) is 5.56 Å². The lowest BCUT2D eigenvalue weighted by Gasteiger charge is -2.08. The minimum absolute atomic E-state index is 0.0210. The van der Waals surface area contributed by atoms with E-state index in [2.05, 4.69) is 29.2 Å². The van der Waals surface area contributed by atoms with Gasteiger partial charge in [-0.2, -0.15) is 0 Å². The molecule has 0 radical (unpaired) electrons. The molecule has 1 N–H and O–H groups in total. The standard InChI is InChI=1S/C16H19NO2/c1-13-15(12-18)9-10-16(17-13)19-11-5-8-14-6-3-2-4-7-14/h2-4,6-7,9-10,18H,5,8,11-12H2,1H3. The largest absolute Gasteiger partial charge is 0.478 e. The first-order valence-corrected chi connectivity index (χ1v) is 6.53. The quantitative estimate of drug-likeness (QED) is 0.809. The molecule has 0 bridgehead atoms. The lowest BCUT2D eigenvalue weighted by atomic mass is 10.1. The second kappa shape index (κ2) is 6.90. The van der Waals surface area contributed by atoms with Gasteiger partial charge in [0.15, 0.2) is 0 Å². The molecule has 0 atom stereocenters. The Morgan fingerprint density at radius 1 is 1.11 bits per heavy atom.